The molecule has 0 aromatic heterocycles. The molecule has 2 heterocycles. The highest BCUT2D eigenvalue weighted by molar-refractivity contribution is 7.91. The van der Waals surface area contributed by atoms with Crippen molar-refractivity contribution < 1.29 is 8.42 Å². The van der Waals surface area contributed by atoms with Crippen LogP contribution in [0.4, 0.5) is 0 Å². The lowest BCUT2D eigenvalue weighted by Crippen LogP contribution is -2.41. The third-order valence-electron chi connectivity index (χ3n) is 6.92. The monoisotopic (exact) mass is 402 g/mol. The molecule has 1 spiro atoms. The summed E-state index contributed by atoms with van der Waals surface area (Å²) in [5, 5.41) is 0. The molecule has 0 radical (unpaired) electrons. The summed E-state index contributed by atoms with van der Waals surface area (Å²) in [6.45, 7) is 7.28. The van der Waals surface area contributed by atoms with E-state index in [-0.39, 0.29) is 0 Å². The smallest absolute Gasteiger partial charge is 0.242 e. The highest BCUT2D eigenvalue weighted by Crippen LogP contribution is 2.43. The maximum absolute atomic E-state index is 13.5. The fourth-order valence-electron chi connectivity index (χ4n) is 5.28. The summed E-state index contributed by atoms with van der Waals surface area (Å²) in [7, 11) is -3.28. The molecule has 0 unspecified atom stereocenters. The quantitative estimate of drug-likeness (QED) is 0.714. The Kier molecular flexibility index (Phi) is 5.58. The molecule has 5 heteroatoms. The van der Waals surface area contributed by atoms with Crippen molar-refractivity contribution in [1.82, 2.24) is 9.21 Å². The molecule has 2 aliphatic heterocycles. The summed E-state index contributed by atoms with van der Waals surface area (Å²) in [6, 6.07) is 6.88. The van der Waals surface area contributed by atoms with E-state index in [1.807, 2.05) is 0 Å². The molecule has 0 bridgehead atoms. The Labute approximate surface area is 170 Å². The van der Waals surface area contributed by atoms with E-state index >= 15 is 0 Å². The van der Waals surface area contributed by atoms with Gasteiger partial charge in [-0.25, -0.2) is 8.42 Å². The first-order valence-corrected chi connectivity index (χ1v) is 12.5. The summed E-state index contributed by atoms with van der Waals surface area (Å²) in [5.41, 5.74) is 5.33. The van der Waals surface area contributed by atoms with Crippen molar-refractivity contribution in [2.45, 2.75) is 76.5 Å². The molecular weight excluding hydrogens is 368 g/mol. The van der Waals surface area contributed by atoms with Gasteiger partial charge < -0.3 is 0 Å². The number of rotatable bonds is 6. The predicted octanol–water partition coefficient (Wildman–Crippen LogP) is 4.25. The maximum Gasteiger partial charge on any atom is 0.242 e. The zero-order chi connectivity index (χ0) is 19.8. The average molecular weight is 403 g/mol. The van der Waals surface area contributed by atoms with E-state index in [0.717, 1.165) is 50.9 Å². The van der Waals surface area contributed by atoms with Gasteiger partial charge in [-0.3, -0.25) is 9.21 Å². The summed E-state index contributed by atoms with van der Waals surface area (Å²) < 4.78 is 28.1. The van der Waals surface area contributed by atoms with Crippen LogP contribution in [0.25, 0.3) is 0 Å². The van der Waals surface area contributed by atoms with E-state index in [1.165, 1.54) is 36.0 Å². The number of sulfonamides is 1. The van der Waals surface area contributed by atoms with Crippen LogP contribution in [0, 0.1) is 0 Å². The lowest BCUT2D eigenvalue weighted by atomic mass is 10.0. The Morgan fingerprint density at radius 2 is 1.93 bits per heavy atom. The van der Waals surface area contributed by atoms with Gasteiger partial charge in [0.2, 0.25) is 10.0 Å². The first kappa shape index (κ1) is 20.0. The second-order valence-electron chi connectivity index (χ2n) is 8.77. The number of unbranched alkanes of at least 4 members (excludes halogenated alkanes) is 1. The number of allylic oxidation sites excluding steroid dienone is 2. The highest BCUT2D eigenvalue weighted by Gasteiger charge is 2.56. The molecule has 2 saturated heterocycles. The van der Waals surface area contributed by atoms with Crippen LogP contribution in [0.5, 0.6) is 0 Å². The van der Waals surface area contributed by atoms with Crippen LogP contribution in [0.1, 0.15) is 69.1 Å². The lowest BCUT2D eigenvalue weighted by molar-refractivity contribution is 0.320. The van der Waals surface area contributed by atoms with E-state index in [9.17, 15) is 8.42 Å². The lowest BCUT2D eigenvalue weighted by Gasteiger charge is -2.27. The molecule has 154 valence electrons. The van der Waals surface area contributed by atoms with Gasteiger partial charge >= 0.3 is 0 Å². The normalized spacial score (nSPS) is 27.1. The van der Waals surface area contributed by atoms with Gasteiger partial charge in [-0.1, -0.05) is 44.5 Å². The first-order chi connectivity index (χ1) is 13.5. The molecule has 3 aliphatic rings. The van der Waals surface area contributed by atoms with Crippen LogP contribution in [-0.2, 0) is 29.4 Å². The van der Waals surface area contributed by atoms with Gasteiger partial charge in [-0.05, 0) is 61.6 Å². The number of nitrogens with zero attached hydrogens (tertiary/aromatic N) is 2. The molecule has 4 nitrogen and oxygen atoms in total. The van der Waals surface area contributed by atoms with Gasteiger partial charge in [0.05, 0.1) is 0 Å². The zero-order valence-electron chi connectivity index (χ0n) is 17.4. The van der Waals surface area contributed by atoms with Crippen molar-refractivity contribution in [3.8, 4) is 0 Å². The summed E-state index contributed by atoms with van der Waals surface area (Å²) >= 11 is 0. The topological polar surface area (TPSA) is 40.6 Å². The Bertz CT molecular complexity index is 861. The van der Waals surface area contributed by atoms with Gasteiger partial charge in [-0.15, -0.1) is 0 Å². The van der Waals surface area contributed by atoms with Gasteiger partial charge in [0.25, 0.3) is 0 Å². The van der Waals surface area contributed by atoms with Crippen LogP contribution >= 0.6 is 0 Å². The maximum atomic E-state index is 13.5. The van der Waals surface area contributed by atoms with Crippen molar-refractivity contribution in [3.63, 3.8) is 0 Å². The fraction of sp³-hybridized carbons (Fsp3) is 0.652. The van der Waals surface area contributed by atoms with E-state index in [1.54, 1.807) is 4.31 Å². The van der Waals surface area contributed by atoms with Crippen LogP contribution in [-0.4, -0.2) is 42.0 Å². The Balaban J connectivity index is 1.48. The molecule has 1 aromatic carbocycles. The molecule has 28 heavy (non-hydrogen) atoms. The third-order valence-corrected chi connectivity index (χ3v) is 9.55. The second-order valence-corrected chi connectivity index (χ2v) is 11.0. The number of hydrogen-bond acceptors (Lipinski definition) is 3. The summed E-state index contributed by atoms with van der Waals surface area (Å²) in [5.74, 6) is 0. The van der Waals surface area contributed by atoms with E-state index < -0.39 is 14.8 Å². The van der Waals surface area contributed by atoms with E-state index in [2.05, 4.69) is 43.0 Å². The molecule has 1 aromatic rings. The van der Waals surface area contributed by atoms with Crippen LogP contribution < -0.4 is 0 Å². The van der Waals surface area contributed by atoms with Crippen LogP contribution in [0.2, 0.25) is 0 Å². The minimum atomic E-state index is -3.28. The van der Waals surface area contributed by atoms with Crippen molar-refractivity contribution in [3.05, 3.63) is 46.7 Å². The Morgan fingerprint density at radius 3 is 2.71 bits per heavy atom. The fourth-order valence-corrected chi connectivity index (χ4v) is 7.63. The van der Waals surface area contributed by atoms with Gasteiger partial charge in [0.1, 0.15) is 4.75 Å². The van der Waals surface area contributed by atoms with Crippen LogP contribution in [0.15, 0.2) is 30.0 Å². The minimum absolute atomic E-state index is 0.579. The average Bonchev–Trinajstić information content (AvgIpc) is 3.37. The first-order valence-electron chi connectivity index (χ1n) is 11.0. The number of likely N-dealkylation sites (tertiary alicyclic amines) is 1. The van der Waals surface area contributed by atoms with Gasteiger partial charge in [0.15, 0.2) is 0 Å². The highest BCUT2D eigenvalue weighted by atomic mass is 32.2. The molecular formula is C23H34N2O2S. The standard InChI is InChI=1S/C23H34N2O2S/c1-3-5-9-22(4-2)25-15-13-23(28(25,26)27)12-14-24(18-23)17-19-10-11-20-7-6-8-21(20)16-19/h9-11,16H,3-8,12-15,17-18H2,1-2H3/b22-9+/t23-/m0/s1. The number of hydrogen-bond donors (Lipinski definition) is 0. The summed E-state index contributed by atoms with van der Waals surface area (Å²) in [4.78, 5) is 2.36. The molecule has 1 atom stereocenters. The summed E-state index contributed by atoms with van der Waals surface area (Å²) in [6.07, 6.45) is 10.1. The molecule has 2 fully saturated rings. The third kappa shape index (κ3) is 3.41. The molecule has 0 amide bonds. The van der Waals surface area contributed by atoms with Crippen molar-refractivity contribution in [2.75, 3.05) is 19.6 Å². The largest absolute Gasteiger partial charge is 0.297 e. The predicted molar refractivity (Wildman–Crippen MR) is 115 cm³/mol. The number of aryl methyl sites for hydroxylation is 2. The molecule has 0 saturated carbocycles. The van der Waals surface area contributed by atoms with Gasteiger partial charge in [-0.2, -0.15) is 0 Å². The zero-order valence-corrected chi connectivity index (χ0v) is 18.2. The minimum Gasteiger partial charge on any atom is -0.297 e. The molecule has 1 aliphatic carbocycles. The van der Waals surface area contributed by atoms with Crippen molar-refractivity contribution >= 4 is 10.0 Å². The Morgan fingerprint density at radius 1 is 1.14 bits per heavy atom. The molecule has 4 rings (SSSR count). The number of benzene rings is 1. The Hall–Kier alpha value is -1.33. The van der Waals surface area contributed by atoms with Crippen molar-refractivity contribution in [2.24, 2.45) is 0 Å². The van der Waals surface area contributed by atoms with E-state index in [4.69, 9.17) is 0 Å². The van der Waals surface area contributed by atoms with Crippen molar-refractivity contribution in [1.29, 1.82) is 0 Å². The van der Waals surface area contributed by atoms with E-state index in [0.29, 0.717) is 13.1 Å². The number of fused-ring (bicyclic) bond motifs is 1. The van der Waals surface area contributed by atoms with Crippen LogP contribution in [0.3, 0.4) is 0 Å². The molecule has 0 N–H and O–H groups in total. The SMILES string of the molecule is CCC/C=C(\CC)N1CC[C@]2(CCN(Cc3ccc4c(c3)CCC4)C2)S1(=O)=O. The van der Waals surface area contributed by atoms with Gasteiger partial charge in [0, 0.05) is 31.9 Å². The second kappa shape index (κ2) is 7.83.